The van der Waals surface area contributed by atoms with Crippen molar-refractivity contribution in [3.05, 3.63) is 95.8 Å². The topological polar surface area (TPSA) is 75.7 Å². The molecule has 2 amide bonds. The van der Waals surface area contributed by atoms with Crippen molar-refractivity contribution in [1.29, 1.82) is 0 Å². The number of nitrogens with zero attached hydrogens (tertiary/aromatic N) is 1. The molecule has 0 spiro atoms. The summed E-state index contributed by atoms with van der Waals surface area (Å²) in [7, 11) is -4.09. The van der Waals surface area contributed by atoms with Crippen LogP contribution >= 0.6 is 0 Å². The van der Waals surface area contributed by atoms with Crippen molar-refractivity contribution in [2.24, 2.45) is 0 Å². The van der Waals surface area contributed by atoms with Gasteiger partial charge in [-0.2, -0.15) is 8.42 Å². The van der Waals surface area contributed by atoms with Gasteiger partial charge in [0.15, 0.2) is 0 Å². The zero-order valence-electron chi connectivity index (χ0n) is 17.3. The highest BCUT2D eigenvalue weighted by Gasteiger charge is 2.32. The minimum atomic E-state index is -4.09. The van der Waals surface area contributed by atoms with Crippen LogP contribution in [0.2, 0.25) is 0 Å². The molecule has 6 nitrogen and oxygen atoms in total. The predicted molar refractivity (Wildman–Crippen MR) is 118 cm³/mol. The molecule has 0 aliphatic heterocycles. The van der Waals surface area contributed by atoms with E-state index in [9.17, 15) is 17.6 Å². The second-order valence-corrected chi connectivity index (χ2v) is 9.19. The molecule has 32 heavy (non-hydrogen) atoms. The zero-order valence-corrected chi connectivity index (χ0v) is 18.1. The molecule has 4 rings (SSSR count). The summed E-state index contributed by atoms with van der Waals surface area (Å²) >= 11 is 0. The van der Waals surface area contributed by atoms with Gasteiger partial charge in [0, 0.05) is 19.1 Å². The van der Waals surface area contributed by atoms with E-state index in [1.807, 2.05) is 36.4 Å². The van der Waals surface area contributed by atoms with Crippen LogP contribution in [0, 0.1) is 5.82 Å². The average Bonchev–Trinajstić information content (AvgIpc) is 3.62. The monoisotopic (exact) mass is 454 g/mol. The van der Waals surface area contributed by atoms with Gasteiger partial charge in [-0.3, -0.25) is 0 Å². The van der Waals surface area contributed by atoms with Crippen molar-refractivity contribution in [2.45, 2.75) is 36.9 Å². The quantitative estimate of drug-likeness (QED) is 0.510. The van der Waals surface area contributed by atoms with Crippen molar-refractivity contribution in [3.8, 4) is 5.75 Å². The number of nitrogens with one attached hydrogen (secondary N) is 1. The molecule has 1 aliphatic carbocycles. The lowest BCUT2D eigenvalue weighted by atomic mass is 10.2. The molecule has 1 N–H and O–H groups in total. The molecule has 0 bridgehead atoms. The number of rotatable bonds is 8. The van der Waals surface area contributed by atoms with E-state index in [0.29, 0.717) is 13.1 Å². The fraction of sp³-hybridized carbons (Fsp3) is 0.208. The maximum atomic E-state index is 13.1. The Balaban J connectivity index is 1.43. The Morgan fingerprint density at radius 1 is 0.969 bits per heavy atom. The third-order valence-electron chi connectivity index (χ3n) is 5.09. The van der Waals surface area contributed by atoms with Crippen LogP contribution in [-0.4, -0.2) is 25.4 Å². The average molecular weight is 455 g/mol. The van der Waals surface area contributed by atoms with Crippen molar-refractivity contribution in [3.63, 3.8) is 0 Å². The van der Waals surface area contributed by atoms with Crippen LogP contribution in [0.1, 0.15) is 24.0 Å². The number of urea groups is 1. The zero-order chi connectivity index (χ0) is 22.6. The van der Waals surface area contributed by atoms with Gasteiger partial charge in [-0.15, -0.1) is 0 Å². The molecule has 3 aromatic carbocycles. The predicted octanol–water partition coefficient (Wildman–Crippen LogP) is 4.47. The van der Waals surface area contributed by atoms with Gasteiger partial charge in [-0.05, 0) is 60.4 Å². The summed E-state index contributed by atoms with van der Waals surface area (Å²) in [4.78, 5) is 14.4. The van der Waals surface area contributed by atoms with E-state index in [-0.39, 0.29) is 22.7 Å². The molecule has 0 saturated heterocycles. The third-order valence-corrected chi connectivity index (χ3v) is 6.36. The fourth-order valence-corrected chi connectivity index (χ4v) is 4.22. The Labute approximate surface area is 186 Å². The molecule has 0 atom stereocenters. The van der Waals surface area contributed by atoms with Gasteiger partial charge in [0.05, 0.1) is 0 Å². The van der Waals surface area contributed by atoms with Gasteiger partial charge in [-0.1, -0.05) is 42.5 Å². The van der Waals surface area contributed by atoms with Crippen LogP contribution in [0.5, 0.6) is 5.75 Å². The Kier molecular flexibility index (Phi) is 6.41. The van der Waals surface area contributed by atoms with Crippen molar-refractivity contribution in [1.82, 2.24) is 10.2 Å². The van der Waals surface area contributed by atoms with Crippen molar-refractivity contribution in [2.75, 3.05) is 0 Å². The molecule has 1 saturated carbocycles. The number of benzene rings is 3. The highest BCUT2D eigenvalue weighted by molar-refractivity contribution is 7.87. The van der Waals surface area contributed by atoms with Crippen LogP contribution in [0.25, 0.3) is 0 Å². The smallest absolute Gasteiger partial charge is 0.339 e. The van der Waals surface area contributed by atoms with E-state index in [2.05, 4.69) is 5.32 Å². The van der Waals surface area contributed by atoms with Gasteiger partial charge < -0.3 is 14.4 Å². The van der Waals surface area contributed by atoms with E-state index in [4.69, 9.17) is 4.18 Å². The number of carbonyl (C=O) groups excluding carboxylic acids is 1. The number of halogens is 1. The van der Waals surface area contributed by atoms with E-state index in [0.717, 1.165) is 48.2 Å². The second kappa shape index (κ2) is 9.40. The lowest BCUT2D eigenvalue weighted by Crippen LogP contribution is -2.40. The molecule has 0 aromatic heterocycles. The van der Waals surface area contributed by atoms with E-state index in [1.54, 1.807) is 17.0 Å². The van der Waals surface area contributed by atoms with Gasteiger partial charge in [0.2, 0.25) is 0 Å². The molecule has 8 heteroatoms. The summed E-state index contributed by atoms with van der Waals surface area (Å²) in [6, 6.07) is 20.7. The minimum absolute atomic E-state index is 0.132. The highest BCUT2D eigenvalue weighted by Crippen LogP contribution is 2.29. The Hall–Kier alpha value is -3.39. The fourth-order valence-electron chi connectivity index (χ4n) is 3.30. The summed E-state index contributed by atoms with van der Waals surface area (Å²) in [6.07, 6.45) is 1.88. The van der Waals surface area contributed by atoms with Gasteiger partial charge in [0.25, 0.3) is 0 Å². The molecule has 0 heterocycles. The van der Waals surface area contributed by atoms with Gasteiger partial charge >= 0.3 is 16.1 Å². The first-order chi connectivity index (χ1) is 15.4. The van der Waals surface area contributed by atoms with E-state index >= 15 is 0 Å². The largest absolute Gasteiger partial charge is 0.379 e. The molecule has 0 unspecified atom stereocenters. The minimum Gasteiger partial charge on any atom is -0.379 e. The molecular formula is C24H23FN2O4S. The van der Waals surface area contributed by atoms with E-state index < -0.39 is 15.9 Å². The van der Waals surface area contributed by atoms with Crippen molar-refractivity contribution >= 4 is 16.1 Å². The van der Waals surface area contributed by atoms with Crippen molar-refractivity contribution < 1.29 is 21.8 Å². The molecule has 1 fully saturated rings. The number of carbonyl (C=O) groups is 1. The normalized spacial score (nSPS) is 13.4. The molecule has 166 valence electrons. The summed E-state index contributed by atoms with van der Waals surface area (Å²) in [5.74, 6) is -0.399. The first-order valence-corrected chi connectivity index (χ1v) is 11.7. The van der Waals surface area contributed by atoms with Crippen LogP contribution in [0.3, 0.4) is 0 Å². The molecule has 1 aliphatic rings. The SMILES string of the molecule is O=C(NCc1ccccc1)N(Cc1cccc(OS(=O)(=O)c2ccc(F)cc2)c1)C1CC1. The third kappa shape index (κ3) is 5.64. The maximum Gasteiger partial charge on any atom is 0.339 e. The second-order valence-electron chi connectivity index (χ2n) is 7.64. The highest BCUT2D eigenvalue weighted by atomic mass is 32.2. The van der Waals surface area contributed by atoms with Crippen LogP contribution in [0.15, 0.2) is 83.8 Å². The molecule has 3 aromatic rings. The Morgan fingerprint density at radius 2 is 1.66 bits per heavy atom. The first kappa shape index (κ1) is 21.8. The van der Waals surface area contributed by atoms with E-state index in [1.165, 1.54) is 6.07 Å². The first-order valence-electron chi connectivity index (χ1n) is 10.3. The number of hydrogen-bond acceptors (Lipinski definition) is 4. The number of hydrogen-bond donors (Lipinski definition) is 1. The van der Waals surface area contributed by atoms with Gasteiger partial charge in [0.1, 0.15) is 16.5 Å². The summed E-state index contributed by atoms with van der Waals surface area (Å²) < 4.78 is 43.3. The standard InChI is InChI=1S/C24H23FN2O4S/c25-20-9-13-23(14-10-20)32(29,30)31-22-8-4-7-19(15-22)17-27(21-11-12-21)24(28)26-16-18-5-2-1-3-6-18/h1-10,13-15,21H,11-12,16-17H2,(H,26,28). The number of amides is 2. The summed E-state index contributed by atoms with van der Waals surface area (Å²) in [5.41, 5.74) is 1.76. The summed E-state index contributed by atoms with van der Waals surface area (Å²) in [5, 5.41) is 2.95. The molecular weight excluding hydrogens is 431 g/mol. The lowest BCUT2D eigenvalue weighted by molar-refractivity contribution is 0.191. The van der Waals surface area contributed by atoms with Crippen LogP contribution in [0.4, 0.5) is 9.18 Å². The molecule has 0 radical (unpaired) electrons. The lowest BCUT2D eigenvalue weighted by Gasteiger charge is -2.23. The Bertz CT molecular complexity index is 1180. The van der Waals surface area contributed by atoms with Crippen LogP contribution in [-0.2, 0) is 23.2 Å². The Morgan fingerprint density at radius 3 is 2.34 bits per heavy atom. The van der Waals surface area contributed by atoms with Crippen LogP contribution < -0.4 is 9.50 Å². The maximum absolute atomic E-state index is 13.1. The summed E-state index contributed by atoms with van der Waals surface area (Å²) in [6.45, 7) is 0.765. The van der Waals surface area contributed by atoms with Gasteiger partial charge in [-0.25, -0.2) is 9.18 Å².